The molecule has 1 rings (SSSR count). The van der Waals surface area contributed by atoms with Gasteiger partial charge in [-0.25, -0.2) is 0 Å². The normalized spacial score (nSPS) is 33.5. The predicted molar refractivity (Wildman–Crippen MR) is 60.6 cm³/mol. The number of nitrogens with one attached hydrogen (secondary N) is 1. The summed E-state index contributed by atoms with van der Waals surface area (Å²) in [5, 5.41) is 3.37. The van der Waals surface area contributed by atoms with E-state index in [1.165, 1.54) is 26.4 Å². The first-order chi connectivity index (χ1) is 7.04. The number of hydrogen-bond donors (Lipinski definition) is 1. The molecule has 3 nitrogen and oxygen atoms in total. The highest BCUT2D eigenvalue weighted by molar-refractivity contribution is 5.75. The quantitative estimate of drug-likeness (QED) is 0.728. The van der Waals surface area contributed by atoms with E-state index in [1.54, 1.807) is 0 Å². The molecule has 0 aromatic rings. The van der Waals surface area contributed by atoms with Crippen LogP contribution in [0.4, 0.5) is 0 Å². The summed E-state index contributed by atoms with van der Waals surface area (Å²) in [5.74, 6) is 1.31. The predicted octanol–water partition coefficient (Wildman–Crippen LogP) is 1.96. The van der Waals surface area contributed by atoms with Gasteiger partial charge in [-0.2, -0.15) is 0 Å². The van der Waals surface area contributed by atoms with Crippen molar-refractivity contribution in [3.63, 3.8) is 0 Å². The molecule has 0 saturated heterocycles. The van der Waals surface area contributed by atoms with Crippen molar-refractivity contribution >= 4 is 5.97 Å². The van der Waals surface area contributed by atoms with E-state index in [9.17, 15) is 4.79 Å². The van der Waals surface area contributed by atoms with Gasteiger partial charge in [0.05, 0.1) is 7.11 Å². The Kier molecular flexibility index (Phi) is 4.58. The minimum Gasteiger partial charge on any atom is -0.468 e. The highest BCUT2D eigenvalue weighted by Crippen LogP contribution is 2.28. The van der Waals surface area contributed by atoms with E-state index < -0.39 is 0 Å². The first-order valence-electron chi connectivity index (χ1n) is 5.88. The van der Waals surface area contributed by atoms with Gasteiger partial charge in [0, 0.05) is 6.04 Å². The van der Waals surface area contributed by atoms with Crippen LogP contribution in [0.2, 0.25) is 0 Å². The van der Waals surface area contributed by atoms with Gasteiger partial charge < -0.3 is 10.1 Å². The molecule has 1 fully saturated rings. The summed E-state index contributed by atoms with van der Waals surface area (Å²) in [7, 11) is 1.44. The van der Waals surface area contributed by atoms with Crippen LogP contribution in [-0.2, 0) is 9.53 Å². The van der Waals surface area contributed by atoms with Crippen molar-refractivity contribution in [2.75, 3.05) is 7.11 Å². The lowest BCUT2D eigenvalue weighted by Gasteiger charge is -2.34. The van der Waals surface area contributed by atoms with E-state index in [0.717, 1.165) is 5.92 Å². The van der Waals surface area contributed by atoms with Crippen molar-refractivity contribution in [2.24, 2.45) is 11.8 Å². The molecule has 3 heteroatoms. The van der Waals surface area contributed by atoms with Gasteiger partial charge in [0.2, 0.25) is 0 Å². The molecule has 15 heavy (non-hydrogen) atoms. The van der Waals surface area contributed by atoms with Crippen LogP contribution in [0.5, 0.6) is 0 Å². The maximum Gasteiger partial charge on any atom is 0.322 e. The molecule has 3 unspecified atom stereocenters. The molecule has 1 aliphatic rings. The van der Waals surface area contributed by atoms with Crippen molar-refractivity contribution in [2.45, 2.75) is 52.1 Å². The summed E-state index contributed by atoms with van der Waals surface area (Å²) in [6, 6.07) is 0.283. The Bertz CT molecular complexity index is 218. The largest absolute Gasteiger partial charge is 0.468 e. The second-order valence-electron chi connectivity index (χ2n) is 4.91. The Hall–Kier alpha value is -0.570. The number of esters is 1. The third kappa shape index (κ3) is 3.49. The molecular formula is C12H23NO2. The Morgan fingerprint density at radius 1 is 1.40 bits per heavy atom. The molecule has 0 amide bonds. The summed E-state index contributed by atoms with van der Waals surface area (Å²) in [4.78, 5) is 11.3. The zero-order valence-corrected chi connectivity index (χ0v) is 10.2. The maximum atomic E-state index is 11.3. The smallest absolute Gasteiger partial charge is 0.322 e. The summed E-state index contributed by atoms with van der Waals surface area (Å²) >= 11 is 0. The first kappa shape index (κ1) is 12.5. The number of hydrogen-bond acceptors (Lipinski definition) is 3. The van der Waals surface area contributed by atoms with Crippen LogP contribution in [-0.4, -0.2) is 25.2 Å². The Labute approximate surface area is 92.6 Å². The topological polar surface area (TPSA) is 38.3 Å². The van der Waals surface area contributed by atoms with Crippen molar-refractivity contribution in [1.29, 1.82) is 0 Å². The van der Waals surface area contributed by atoms with Crippen molar-refractivity contribution in [3.8, 4) is 0 Å². The second kappa shape index (κ2) is 5.50. The molecule has 0 aliphatic heterocycles. The number of methoxy groups -OCH3 is 1. The van der Waals surface area contributed by atoms with Gasteiger partial charge >= 0.3 is 5.97 Å². The van der Waals surface area contributed by atoms with Crippen LogP contribution in [0.3, 0.4) is 0 Å². The summed E-state index contributed by atoms with van der Waals surface area (Å²) in [5.41, 5.74) is 0. The molecule has 0 bridgehead atoms. The third-order valence-electron chi connectivity index (χ3n) is 3.45. The van der Waals surface area contributed by atoms with Crippen LogP contribution in [0.1, 0.15) is 40.0 Å². The highest BCUT2D eigenvalue weighted by Gasteiger charge is 2.27. The van der Waals surface area contributed by atoms with Crippen molar-refractivity contribution < 1.29 is 9.53 Å². The molecule has 0 aromatic heterocycles. The molecule has 88 valence electrons. The summed E-state index contributed by atoms with van der Waals surface area (Å²) < 4.78 is 4.71. The van der Waals surface area contributed by atoms with E-state index in [2.05, 4.69) is 19.2 Å². The van der Waals surface area contributed by atoms with Gasteiger partial charge in [0.15, 0.2) is 0 Å². The van der Waals surface area contributed by atoms with Gasteiger partial charge in [0.1, 0.15) is 6.04 Å². The molecule has 1 N–H and O–H groups in total. The molecule has 1 saturated carbocycles. The fraction of sp³-hybridized carbons (Fsp3) is 0.917. The van der Waals surface area contributed by atoms with E-state index >= 15 is 0 Å². The standard InChI is InChI=1S/C12H23NO2/c1-8-5-6-11(9(2)7-8)13-10(3)12(14)15-4/h8-11,13H,5-7H2,1-4H3/t8?,9?,10-,11?/m0/s1. The first-order valence-corrected chi connectivity index (χ1v) is 5.88. The summed E-state index contributed by atoms with van der Waals surface area (Å²) in [6.07, 6.45) is 3.69. The van der Waals surface area contributed by atoms with Crippen LogP contribution >= 0.6 is 0 Å². The van der Waals surface area contributed by atoms with E-state index in [0.29, 0.717) is 12.0 Å². The lowest BCUT2D eigenvalue weighted by Crippen LogP contribution is -2.47. The van der Waals surface area contributed by atoms with E-state index in [-0.39, 0.29) is 12.0 Å². The maximum absolute atomic E-state index is 11.3. The SMILES string of the molecule is COC(=O)[C@H](C)NC1CCC(C)CC1C. The minimum absolute atomic E-state index is 0.166. The molecule has 0 heterocycles. The van der Waals surface area contributed by atoms with E-state index in [1.807, 2.05) is 6.92 Å². The number of ether oxygens (including phenoxy) is 1. The van der Waals surface area contributed by atoms with Gasteiger partial charge in [-0.05, 0) is 38.0 Å². The molecule has 1 aliphatic carbocycles. The lowest BCUT2D eigenvalue weighted by atomic mass is 9.79. The van der Waals surface area contributed by atoms with Gasteiger partial charge in [-0.1, -0.05) is 13.8 Å². The van der Waals surface area contributed by atoms with Gasteiger partial charge in [0.25, 0.3) is 0 Å². The van der Waals surface area contributed by atoms with Crippen molar-refractivity contribution in [1.82, 2.24) is 5.32 Å². The fourth-order valence-electron chi connectivity index (χ4n) is 2.48. The lowest BCUT2D eigenvalue weighted by molar-refractivity contribution is -0.143. The monoisotopic (exact) mass is 213 g/mol. The van der Waals surface area contributed by atoms with Crippen molar-refractivity contribution in [3.05, 3.63) is 0 Å². The van der Waals surface area contributed by atoms with Crippen LogP contribution in [0.15, 0.2) is 0 Å². The number of carbonyl (C=O) groups excluding carboxylic acids is 1. The minimum atomic E-state index is -0.184. The highest BCUT2D eigenvalue weighted by atomic mass is 16.5. The van der Waals surface area contributed by atoms with Crippen LogP contribution in [0.25, 0.3) is 0 Å². The summed E-state index contributed by atoms with van der Waals surface area (Å²) in [6.45, 7) is 6.43. The molecule has 0 radical (unpaired) electrons. The molecular weight excluding hydrogens is 190 g/mol. The zero-order chi connectivity index (χ0) is 11.4. The van der Waals surface area contributed by atoms with Crippen LogP contribution in [0, 0.1) is 11.8 Å². The second-order valence-corrected chi connectivity index (χ2v) is 4.91. The van der Waals surface area contributed by atoms with E-state index in [4.69, 9.17) is 4.74 Å². The molecule has 0 aromatic carbocycles. The van der Waals surface area contributed by atoms with Crippen LogP contribution < -0.4 is 5.32 Å². The Balaban J connectivity index is 2.41. The molecule has 0 spiro atoms. The van der Waals surface area contributed by atoms with Gasteiger partial charge in [-0.3, -0.25) is 4.79 Å². The molecule has 4 atom stereocenters. The zero-order valence-electron chi connectivity index (χ0n) is 10.2. The Morgan fingerprint density at radius 2 is 2.07 bits per heavy atom. The van der Waals surface area contributed by atoms with Gasteiger partial charge in [-0.15, -0.1) is 0 Å². The average molecular weight is 213 g/mol. The third-order valence-corrected chi connectivity index (χ3v) is 3.45. The number of rotatable bonds is 3. The average Bonchev–Trinajstić information content (AvgIpc) is 2.20. The number of carbonyl (C=O) groups is 1. The fourth-order valence-corrected chi connectivity index (χ4v) is 2.48. The Morgan fingerprint density at radius 3 is 2.60 bits per heavy atom.